The quantitative estimate of drug-likeness (QED) is 0.858. The smallest absolute Gasteiger partial charge is 0.259 e. The van der Waals surface area contributed by atoms with E-state index >= 15 is 0 Å². The summed E-state index contributed by atoms with van der Waals surface area (Å²) >= 11 is 0. The molecular formula is C17H19N3O2. The molecule has 0 unspecified atom stereocenters. The Balaban J connectivity index is 2.37. The van der Waals surface area contributed by atoms with Crippen molar-refractivity contribution in [2.75, 3.05) is 25.7 Å². The molecule has 2 rings (SSSR count). The lowest BCUT2D eigenvalue weighted by Crippen LogP contribution is -2.38. The summed E-state index contributed by atoms with van der Waals surface area (Å²) in [6.45, 7) is 0.434. The number of carbonyl (C=O) groups excluding carboxylic acids is 2. The number of para-hydroxylation sites is 1. The van der Waals surface area contributed by atoms with E-state index in [-0.39, 0.29) is 5.91 Å². The van der Waals surface area contributed by atoms with Gasteiger partial charge in [-0.3, -0.25) is 19.4 Å². The topological polar surface area (TPSA) is 66.6 Å². The third-order valence-electron chi connectivity index (χ3n) is 3.13. The lowest BCUT2D eigenvalue weighted by molar-refractivity contribution is 0.0975. The summed E-state index contributed by atoms with van der Waals surface area (Å²) in [5, 5.41) is 0. The van der Waals surface area contributed by atoms with Gasteiger partial charge in [-0.15, -0.1) is 0 Å². The van der Waals surface area contributed by atoms with Gasteiger partial charge in [0.25, 0.3) is 5.91 Å². The predicted molar refractivity (Wildman–Crippen MR) is 86.8 cm³/mol. The lowest BCUT2D eigenvalue weighted by atomic mass is 10.1. The van der Waals surface area contributed by atoms with E-state index in [1.807, 2.05) is 49.3 Å². The predicted octanol–water partition coefficient (Wildman–Crippen LogP) is 1.95. The van der Waals surface area contributed by atoms with Gasteiger partial charge in [0.1, 0.15) is 0 Å². The molecule has 0 bridgehead atoms. The first-order valence-electron chi connectivity index (χ1n) is 6.90. The van der Waals surface area contributed by atoms with Crippen LogP contribution in [0.5, 0.6) is 0 Å². The van der Waals surface area contributed by atoms with Crippen LogP contribution in [0.4, 0.5) is 5.69 Å². The van der Waals surface area contributed by atoms with Crippen LogP contribution in [0.1, 0.15) is 20.7 Å². The van der Waals surface area contributed by atoms with E-state index in [2.05, 4.69) is 0 Å². The van der Waals surface area contributed by atoms with Crippen LogP contribution in [-0.2, 0) is 0 Å². The highest BCUT2D eigenvalue weighted by atomic mass is 16.2. The molecule has 5 heteroatoms. The second-order valence-corrected chi connectivity index (χ2v) is 5.23. The first-order valence-corrected chi connectivity index (χ1v) is 6.90. The Labute approximate surface area is 129 Å². The van der Waals surface area contributed by atoms with Crippen LogP contribution in [0, 0.1) is 0 Å². The van der Waals surface area contributed by atoms with Crippen molar-refractivity contribution in [3.8, 4) is 0 Å². The summed E-state index contributed by atoms with van der Waals surface area (Å²) in [6.07, 6.45) is 0. The Morgan fingerprint density at radius 2 is 1.59 bits per heavy atom. The van der Waals surface area contributed by atoms with Gasteiger partial charge in [-0.1, -0.05) is 24.3 Å². The van der Waals surface area contributed by atoms with Crippen molar-refractivity contribution >= 4 is 17.5 Å². The molecule has 2 amide bonds. The van der Waals surface area contributed by atoms with Crippen molar-refractivity contribution in [3.63, 3.8) is 0 Å². The monoisotopic (exact) mass is 297 g/mol. The Morgan fingerprint density at radius 1 is 0.955 bits per heavy atom. The molecule has 2 N–H and O–H groups in total. The van der Waals surface area contributed by atoms with Gasteiger partial charge in [0.05, 0.1) is 6.67 Å². The van der Waals surface area contributed by atoms with Crippen LogP contribution in [-0.4, -0.2) is 37.5 Å². The number of benzene rings is 2. The fraction of sp³-hybridized carbons (Fsp3) is 0.176. The van der Waals surface area contributed by atoms with Gasteiger partial charge < -0.3 is 5.73 Å². The maximum absolute atomic E-state index is 12.8. The molecule has 0 saturated carbocycles. The zero-order chi connectivity index (χ0) is 16.1. The maximum Gasteiger partial charge on any atom is 0.259 e. The number of nitrogens with two attached hydrogens (primary N) is 1. The number of anilines is 1. The normalized spacial score (nSPS) is 10.5. The Hall–Kier alpha value is -2.66. The summed E-state index contributed by atoms with van der Waals surface area (Å²) in [7, 11) is 3.78. The molecule has 0 spiro atoms. The zero-order valence-corrected chi connectivity index (χ0v) is 12.7. The molecule has 0 radical (unpaired) electrons. The molecule has 0 fully saturated rings. The van der Waals surface area contributed by atoms with Gasteiger partial charge in [-0.05, 0) is 44.4 Å². The molecule has 0 aliphatic rings. The van der Waals surface area contributed by atoms with Crippen molar-refractivity contribution in [1.29, 1.82) is 0 Å². The number of rotatable bonds is 5. The van der Waals surface area contributed by atoms with E-state index in [4.69, 9.17) is 5.73 Å². The fourth-order valence-corrected chi connectivity index (χ4v) is 2.12. The molecule has 0 aliphatic carbocycles. The summed E-state index contributed by atoms with van der Waals surface area (Å²) < 4.78 is 0. The summed E-state index contributed by atoms with van der Waals surface area (Å²) in [6, 6.07) is 15.9. The van der Waals surface area contributed by atoms with Gasteiger partial charge in [-0.25, -0.2) is 0 Å². The highest BCUT2D eigenvalue weighted by Gasteiger charge is 2.19. The molecule has 2 aromatic carbocycles. The molecule has 0 aromatic heterocycles. The molecular weight excluding hydrogens is 278 g/mol. The van der Waals surface area contributed by atoms with E-state index in [0.717, 1.165) is 5.69 Å². The van der Waals surface area contributed by atoms with Crippen molar-refractivity contribution in [2.24, 2.45) is 5.73 Å². The average molecular weight is 297 g/mol. The standard InChI is InChI=1S/C17H19N3O2/c1-19(2)12-20(15-9-4-3-5-10-15)17(22)14-8-6-7-13(11-14)16(18)21/h3-11H,12H2,1-2H3,(H2,18,21). The van der Waals surface area contributed by atoms with Crippen LogP contribution in [0.15, 0.2) is 54.6 Å². The number of amides is 2. The van der Waals surface area contributed by atoms with Crippen LogP contribution >= 0.6 is 0 Å². The number of hydrogen-bond donors (Lipinski definition) is 1. The summed E-state index contributed by atoms with van der Waals surface area (Å²) in [5.74, 6) is -0.725. The molecule has 0 aliphatic heterocycles. The highest BCUT2D eigenvalue weighted by Crippen LogP contribution is 2.17. The fourth-order valence-electron chi connectivity index (χ4n) is 2.12. The van der Waals surface area contributed by atoms with E-state index in [1.54, 1.807) is 23.1 Å². The second-order valence-electron chi connectivity index (χ2n) is 5.23. The van der Waals surface area contributed by atoms with Gasteiger partial charge in [0, 0.05) is 16.8 Å². The largest absolute Gasteiger partial charge is 0.366 e. The molecule has 5 nitrogen and oxygen atoms in total. The second kappa shape index (κ2) is 6.87. The Kier molecular flexibility index (Phi) is 4.91. The molecule has 2 aromatic rings. The third kappa shape index (κ3) is 3.71. The van der Waals surface area contributed by atoms with E-state index < -0.39 is 5.91 Å². The van der Waals surface area contributed by atoms with Gasteiger partial charge in [0.15, 0.2) is 0 Å². The van der Waals surface area contributed by atoms with Crippen molar-refractivity contribution in [1.82, 2.24) is 4.90 Å². The van der Waals surface area contributed by atoms with E-state index in [1.165, 1.54) is 6.07 Å². The highest BCUT2D eigenvalue weighted by molar-refractivity contribution is 6.07. The first kappa shape index (κ1) is 15.7. The minimum absolute atomic E-state index is 0.178. The number of primary amides is 1. The molecule has 0 saturated heterocycles. The average Bonchev–Trinajstić information content (AvgIpc) is 2.52. The SMILES string of the molecule is CN(C)CN(C(=O)c1cccc(C(N)=O)c1)c1ccccc1. The maximum atomic E-state index is 12.8. The molecule has 114 valence electrons. The zero-order valence-electron chi connectivity index (χ0n) is 12.7. The third-order valence-corrected chi connectivity index (χ3v) is 3.13. The van der Waals surface area contributed by atoms with Crippen molar-refractivity contribution in [2.45, 2.75) is 0 Å². The first-order chi connectivity index (χ1) is 10.5. The molecule has 0 atom stereocenters. The van der Waals surface area contributed by atoms with Crippen molar-refractivity contribution < 1.29 is 9.59 Å². The van der Waals surface area contributed by atoms with Gasteiger partial charge in [-0.2, -0.15) is 0 Å². The minimum atomic E-state index is -0.548. The Bertz CT molecular complexity index is 669. The lowest BCUT2D eigenvalue weighted by Gasteiger charge is -2.26. The van der Waals surface area contributed by atoms with Gasteiger partial charge in [0.2, 0.25) is 5.91 Å². The summed E-state index contributed by atoms with van der Waals surface area (Å²) in [5.41, 5.74) is 6.83. The number of carbonyl (C=O) groups is 2. The van der Waals surface area contributed by atoms with Crippen LogP contribution in [0.2, 0.25) is 0 Å². The van der Waals surface area contributed by atoms with E-state index in [9.17, 15) is 9.59 Å². The van der Waals surface area contributed by atoms with Crippen molar-refractivity contribution in [3.05, 3.63) is 65.7 Å². The number of nitrogens with zero attached hydrogens (tertiary/aromatic N) is 2. The van der Waals surface area contributed by atoms with Gasteiger partial charge >= 0.3 is 0 Å². The Morgan fingerprint density at radius 3 is 2.18 bits per heavy atom. The van der Waals surface area contributed by atoms with Crippen LogP contribution in [0.3, 0.4) is 0 Å². The molecule has 0 heterocycles. The molecule has 22 heavy (non-hydrogen) atoms. The summed E-state index contributed by atoms with van der Waals surface area (Å²) in [4.78, 5) is 27.6. The van der Waals surface area contributed by atoms with Crippen LogP contribution in [0.25, 0.3) is 0 Å². The number of hydrogen-bond acceptors (Lipinski definition) is 3. The van der Waals surface area contributed by atoms with E-state index in [0.29, 0.717) is 17.8 Å². The minimum Gasteiger partial charge on any atom is -0.366 e. The van der Waals surface area contributed by atoms with Crippen LogP contribution < -0.4 is 10.6 Å².